The van der Waals surface area contributed by atoms with Crippen molar-refractivity contribution in [2.75, 3.05) is 18.1 Å². The number of primary amides is 1. The number of carbonyl (C=O) groups is 4. The molecule has 67 heavy (non-hydrogen) atoms. The summed E-state index contributed by atoms with van der Waals surface area (Å²) in [7, 11) is 0. The molecule has 3 amide bonds. The molecule has 3 aliphatic heterocycles. The predicted octanol–water partition coefficient (Wildman–Crippen LogP) is 6.89. The number of fused-ring (bicyclic) bond motifs is 3. The molecule has 1 saturated carbocycles. The van der Waals surface area contributed by atoms with E-state index in [4.69, 9.17) is 19.9 Å². The Bertz CT molecular complexity index is 2750. The number of cyclic esters (lactones) is 1. The number of esters is 1. The zero-order valence-electron chi connectivity index (χ0n) is 36.4. The van der Waals surface area contributed by atoms with E-state index in [0.29, 0.717) is 46.4 Å². The number of non-ortho nitro benzene ring substituents is 1. The number of ether oxygens (including phenoxy) is 3. The van der Waals surface area contributed by atoms with Crippen LogP contribution in [0.2, 0.25) is 0 Å². The third-order valence-electron chi connectivity index (χ3n) is 13.4. The van der Waals surface area contributed by atoms with Gasteiger partial charge in [0.25, 0.3) is 5.69 Å². The van der Waals surface area contributed by atoms with Gasteiger partial charge >= 0.3 is 12.1 Å². The molecule has 1 spiro atoms. The lowest BCUT2D eigenvalue weighted by atomic mass is 9.65. The number of rotatable bonds is 10. The normalized spacial score (nSPS) is 24.1. The molecule has 9 rings (SSSR count). The monoisotopic (exact) mass is 904 g/mol. The summed E-state index contributed by atoms with van der Waals surface area (Å²) >= 11 is 0. The maximum Gasteiger partial charge on any atom is 0.421 e. The highest BCUT2D eigenvalue weighted by Gasteiger charge is 2.75. The number of benzene rings is 5. The minimum atomic E-state index is -2.14. The van der Waals surface area contributed by atoms with E-state index >= 15 is 4.79 Å². The molecule has 2 saturated heterocycles. The van der Waals surface area contributed by atoms with Crippen LogP contribution < -0.4 is 15.4 Å². The average Bonchev–Trinajstić information content (AvgIpc) is 3.68. The molecule has 5 aromatic rings. The fourth-order valence-electron chi connectivity index (χ4n) is 10.5. The van der Waals surface area contributed by atoms with Crippen molar-refractivity contribution in [1.29, 1.82) is 0 Å². The van der Waals surface area contributed by atoms with Gasteiger partial charge < -0.3 is 30.2 Å². The molecule has 342 valence electrons. The number of aliphatic hydroxyl groups is 2. The van der Waals surface area contributed by atoms with Crippen LogP contribution in [-0.2, 0) is 35.9 Å². The number of carbonyl (C=O) groups excluding carboxylic acids is 4. The van der Waals surface area contributed by atoms with E-state index in [9.17, 15) is 34.7 Å². The zero-order chi connectivity index (χ0) is 46.9. The van der Waals surface area contributed by atoms with E-state index in [2.05, 4.69) is 11.8 Å². The van der Waals surface area contributed by atoms with Gasteiger partial charge in [-0.3, -0.25) is 29.4 Å². The number of nitrogens with zero attached hydrogens (tertiary/aromatic N) is 3. The first-order valence-corrected chi connectivity index (χ1v) is 22.3. The summed E-state index contributed by atoms with van der Waals surface area (Å²) in [4.78, 5) is 73.8. The summed E-state index contributed by atoms with van der Waals surface area (Å²) in [6, 6.07) is 31.8. The van der Waals surface area contributed by atoms with Crippen LogP contribution in [0.15, 0.2) is 127 Å². The molecular weight excluding hydrogens is 857 g/mol. The van der Waals surface area contributed by atoms with Gasteiger partial charge in [0, 0.05) is 17.7 Å². The van der Waals surface area contributed by atoms with Gasteiger partial charge in [-0.05, 0) is 96.0 Å². The first-order valence-electron chi connectivity index (χ1n) is 22.3. The van der Waals surface area contributed by atoms with Crippen molar-refractivity contribution in [1.82, 2.24) is 4.90 Å². The lowest BCUT2D eigenvalue weighted by molar-refractivity contribution is -0.384. The van der Waals surface area contributed by atoms with Gasteiger partial charge in [0.15, 0.2) is 0 Å². The molecule has 0 unspecified atom stereocenters. The van der Waals surface area contributed by atoms with Crippen molar-refractivity contribution in [2.45, 2.75) is 80.4 Å². The van der Waals surface area contributed by atoms with Crippen molar-refractivity contribution in [3.05, 3.63) is 171 Å². The fraction of sp³-hybridized carbons (Fsp3) is 0.308. The van der Waals surface area contributed by atoms with Gasteiger partial charge in [0.05, 0.1) is 35.2 Å². The number of hydrogen-bond donors (Lipinski definition) is 3. The lowest BCUT2D eigenvalue weighted by Crippen LogP contribution is -2.55. The van der Waals surface area contributed by atoms with Crippen molar-refractivity contribution < 1.29 is 48.5 Å². The maximum absolute atomic E-state index is 16.2. The predicted molar refractivity (Wildman–Crippen MR) is 243 cm³/mol. The highest BCUT2D eigenvalue weighted by atomic mass is 16.6. The first-order chi connectivity index (χ1) is 32.4. The summed E-state index contributed by atoms with van der Waals surface area (Å²) in [6.45, 7) is -0.610. The molecular formula is C52H48N4O11. The van der Waals surface area contributed by atoms with E-state index in [1.54, 1.807) is 36.4 Å². The molecule has 0 radical (unpaired) electrons. The summed E-state index contributed by atoms with van der Waals surface area (Å²) in [5.41, 5.74) is 5.72. The number of nitro benzene ring substituents is 1. The fourth-order valence-corrected chi connectivity index (χ4v) is 10.5. The molecule has 5 aromatic carbocycles. The summed E-state index contributed by atoms with van der Waals surface area (Å²) in [6.07, 6.45) is 2.44. The maximum atomic E-state index is 16.2. The number of morpholine rings is 1. The Morgan fingerprint density at radius 3 is 2.12 bits per heavy atom. The average molecular weight is 905 g/mol. The molecule has 3 heterocycles. The largest absolute Gasteiger partial charge is 0.491 e. The third-order valence-corrected chi connectivity index (χ3v) is 13.4. The summed E-state index contributed by atoms with van der Waals surface area (Å²) < 4.78 is 17.9. The van der Waals surface area contributed by atoms with Crippen LogP contribution in [0.4, 0.5) is 16.2 Å². The van der Waals surface area contributed by atoms with Crippen molar-refractivity contribution in [3.63, 3.8) is 0 Å². The zero-order valence-corrected chi connectivity index (χ0v) is 36.4. The summed E-state index contributed by atoms with van der Waals surface area (Å²) in [5.74, 6) is 2.26. The number of imide groups is 1. The Labute approximate surface area is 386 Å². The minimum absolute atomic E-state index is 0.00703. The second-order valence-electron chi connectivity index (χ2n) is 17.4. The molecule has 4 N–H and O–H groups in total. The highest BCUT2D eigenvalue weighted by molar-refractivity contribution is 6.23. The quantitative estimate of drug-likeness (QED) is 0.0430. The van der Waals surface area contributed by atoms with Gasteiger partial charge in [0.2, 0.25) is 11.8 Å². The standard InChI is InChI=1S/C52H48N4O11/c53-47(58)42-44-48(59)67-45(36-13-7-4-8-14-36)43(35-11-5-3-6-12-35)55(44)46(37-18-22-39(23-19-37)65-30-29-57)52(42)40-31-33(25-28-51(62)26-9-1-2-10-27-51)17-24-41(40)54(49(52)60)50(61)66-32-34-15-20-38(21-16-34)56(63)64/h3-8,11-24,31,42-46,57,62H,1-2,9-10,26-27,29-30,32H2,(H2,53,58)/t42-,43-,44-,45+,46+,52-/m1/s1. The van der Waals surface area contributed by atoms with Crippen LogP contribution in [0.5, 0.6) is 5.75 Å². The number of anilines is 1. The number of nitro groups is 1. The molecule has 6 atom stereocenters. The van der Waals surface area contributed by atoms with E-state index in [0.717, 1.165) is 30.6 Å². The van der Waals surface area contributed by atoms with Crippen LogP contribution >= 0.6 is 0 Å². The number of aliphatic hydroxyl groups excluding tert-OH is 1. The smallest absolute Gasteiger partial charge is 0.421 e. The van der Waals surface area contributed by atoms with E-state index in [-0.39, 0.29) is 36.8 Å². The highest BCUT2D eigenvalue weighted by Crippen LogP contribution is 2.66. The van der Waals surface area contributed by atoms with Crippen LogP contribution in [0.3, 0.4) is 0 Å². The molecule has 4 aliphatic rings. The molecule has 0 aromatic heterocycles. The van der Waals surface area contributed by atoms with Crippen molar-refractivity contribution in [2.24, 2.45) is 11.7 Å². The van der Waals surface area contributed by atoms with Crippen LogP contribution in [-0.4, -0.2) is 68.8 Å². The number of hydrogen-bond acceptors (Lipinski definition) is 12. The molecule has 15 heteroatoms. The van der Waals surface area contributed by atoms with Crippen LogP contribution in [0.1, 0.15) is 90.1 Å². The van der Waals surface area contributed by atoms with E-state index < -0.39 is 70.0 Å². The minimum Gasteiger partial charge on any atom is -0.491 e. The molecule has 15 nitrogen and oxygen atoms in total. The Balaban J connectivity index is 1.28. The van der Waals surface area contributed by atoms with Crippen molar-refractivity contribution in [3.8, 4) is 17.6 Å². The lowest BCUT2D eigenvalue weighted by Gasteiger charge is -2.46. The first kappa shape index (κ1) is 44.8. The third kappa shape index (κ3) is 8.17. The molecule has 0 bridgehead atoms. The Hall–Kier alpha value is -7.38. The Morgan fingerprint density at radius 2 is 1.49 bits per heavy atom. The van der Waals surface area contributed by atoms with E-state index in [1.807, 2.05) is 65.6 Å². The number of amides is 3. The van der Waals surface area contributed by atoms with Gasteiger partial charge in [0.1, 0.15) is 42.1 Å². The topological polar surface area (TPSA) is 212 Å². The van der Waals surface area contributed by atoms with Gasteiger partial charge in [-0.15, -0.1) is 0 Å². The van der Waals surface area contributed by atoms with E-state index in [1.165, 1.54) is 30.3 Å². The van der Waals surface area contributed by atoms with Crippen LogP contribution in [0.25, 0.3) is 0 Å². The number of nitrogens with two attached hydrogens (primary N) is 1. The van der Waals surface area contributed by atoms with Gasteiger partial charge in [-0.2, -0.15) is 0 Å². The van der Waals surface area contributed by atoms with Crippen molar-refractivity contribution >= 4 is 35.3 Å². The second-order valence-corrected chi connectivity index (χ2v) is 17.4. The van der Waals surface area contributed by atoms with Gasteiger partial charge in [-0.1, -0.05) is 97.5 Å². The molecule has 3 fully saturated rings. The summed E-state index contributed by atoms with van der Waals surface area (Å²) in [5, 5.41) is 32.5. The second kappa shape index (κ2) is 18.5. The Kier molecular flexibility index (Phi) is 12.4. The molecule has 1 aliphatic carbocycles. The Morgan fingerprint density at radius 1 is 0.836 bits per heavy atom. The van der Waals surface area contributed by atoms with Gasteiger partial charge in [-0.25, -0.2) is 9.69 Å². The SMILES string of the molecule is NC(=O)[C@H]1[C@@H]2C(=O)O[C@@H](c3ccccc3)[C@@H](c3ccccc3)N2[C@@H](c2ccc(OCCO)cc2)[C@]12C(=O)N(C(=O)OCc1ccc([N+](=O)[O-])cc1)c1ccc(C#CC3(O)CCCCCC3)cc12. The van der Waals surface area contributed by atoms with Crippen LogP contribution in [0, 0.1) is 27.9 Å².